The number of hydrogen-bond acceptors (Lipinski definition) is 5. The van der Waals surface area contributed by atoms with E-state index in [1.165, 1.54) is 18.1 Å². The summed E-state index contributed by atoms with van der Waals surface area (Å²) in [6, 6.07) is 6.67. The maximum absolute atomic E-state index is 12.2. The molecule has 122 valence electrons. The van der Waals surface area contributed by atoms with Gasteiger partial charge in [-0.05, 0) is 25.0 Å². The molecule has 1 unspecified atom stereocenters. The van der Waals surface area contributed by atoms with Gasteiger partial charge in [-0.2, -0.15) is 5.26 Å². The predicted octanol–water partition coefficient (Wildman–Crippen LogP) is 1.27. The van der Waals surface area contributed by atoms with Gasteiger partial charge in [-0.3, -0.25) is 9.59 Å². The van der Waals surface area contributed by atoms with Crippen molar-refractivity contribution in [2.45, 2.75) is 12.8 Å². The van der Waals surface area contributed by atoms with Crippen molar-refractivity contribution in [1.29, 1.82) is 5.26 Å². The van der Waals surface area contributed by atoms with Crippen LogP contribution in [0.1, 0.15) is 18.4 Å². The fraction of sp³-hybridized carbons (Fsp3) is 0.438. The lowest BCUT2D eigenvalue weighted by Gasteiger charge is -2.30. The maximum atomic E-state index is 12.2. The summed E-state index contributed by atoms with van der Waals surface area (Å²) in [6.45, 7) is 0.549. The van der Waals surface area contributed by atoms with Crippen molar-refractivity contribution in [3.8, 4) is 17.6 Å². The van der Waals surface area contributed by atoms with E-state index >= 15 is 0 Å². The second-order valence-electron chi connectivity index (χ2n) is 5.28. The van der Waals surface area contributed by atoms with Crippen molar-refractivity contribution in [2.75, 3.05) is 26.8 Å². The minimum atomic E-state index is -0.878. The van der Waals surface area contributed by atoms with Crippen LogP contribution in [0.15, 0.2) is 18.2 Å². The van der Waals surface area contributed by atoms with Crippen LogP contribution in [0, 0.1) is 17.2 Å². The normalized spacial score (nSPS) is 17.2. The minimum Gasteiger partial charge on any atom is -0.493 e. The van der Waals surface area contributed by atoms with Crippen molar-refractivity contribution in [3.05, 3.63) is 23.8 Å². The van der Waals surface area contributed by atoms with Crippen LogP contribution in [0.2, 0.25) is 0 Å². The van der Waals surface area contributed by atoms with E-state index in [2.05, 4.69) is 0 Å². The number of carboxylic acid groups (broad SMARTS) is 1. The van der Waals surface area contributed by atoms with Crippen LogP contribution in [0.4, 0.5) is 0 Å². The third kappa shape index (κ3) is 4.13. The number of ether oxygens (including phenoxy) is 2. The molecule has 1 aliphatic rings. The molecule has 0 saturated carbocycles. The average molecular weight is 318 g/mol. The Balaban J connectivity index is 1.96. The summed E-state index contributed by atoms with van der Waals surface area (Å²) in [6.07, 6.45) is 1.26. The summed E-state index contributed by atoms with van der Waals surface area (Å²) >= 11 is 0. The molecule has 1 amide bonds. The van der Waals surface area contributed by atoms with Gasteiger partial charge in [-0.25, -0.2) is 0 Å². The lowest BCUT2D eigenvalue weighted by molar-refractivity contribution is -0.146. The standard InChI is InChI=1S/C16H18N2O5/c1-22-14-7-11(8-17)4-5-13(14)23-10-15(19)18-6-2-3-12(9-18)16(20)21/h4-5,7,12H,2-3,6,9-10H2,1H3,(H,20,21). The van der Waals surface area contributed by atoms with Gasteiger partial charge in [0.25, 0.3) is 5.91 Å². The molecule has 0 spiro atoms. The van der Waals surface area contributed by atoms with Gasteiger partial charge in [0.05, 0.1) is 24.7 Å². The number of carboxylic acids is 1. The number of benzene rings is 1. The first-order chi connectivity index (χ1) is 11.0. The van der Waals surface area contributed by atoms with Crippen LogP contribution in [-0.4, -0.2) is 48.7 Å². The van der Waals surface area contributed by atoms with Crippen LogP contribution in [-0.2, 0) is 9.59 Å². The number of nitrogens with zero attached hydrogens (tertiary/aromatic N) is 2. The number of amides is 1. The zero-order chi connectivity index (χ0) is 16.8. The smallest absolute Gasteiger partial charge is 0.308 e. The molecule has 2 rings (SSSR count). The highest BCUT2D eigenvalue weighted by molar-refractivity contribution is 5.79. The molecular weight excluding hydrogens is 300 g/mol. The Morgan fingerprint density at radius 1 is 1.43 bits per heavy atom. The monoisotopic (exact) mass is 318 g/mol. The molecule has 1 aromatic carbocycles. The number of likely N-dealkylation sites (tertiary alicyclic amines) is 1. The van der Waals surface area contributed by atoms with E-state index in [9.17, 15) is 9.59 Å². The quantitative estimate of drug-likeness (QED) is 0.877. The van der Waals surface area contributed by atoms with Gasteiger partial charge < -0.3 is 19.5 Å². The third-order valence-electron chi connectivity index (χ3n) is 3.77. The predicted molar refractivity (Wildman–Crippen MR) is 80.1 cm³/mol. The van der Waals surface area contributed by atoms with Crippen LogP contribution in [0.25, 0.3) is 0 Å². The second kappa shape index (κ2) is 7.49. The first kappa shape index (κ1) is 16.6. The van der Waals surface area contributed by atoms with Crippen LogP contribution in [0.5, 0.6) is 11.5 Å². The van der Waals surface area contributed by atoms with Crippen LogP contribution in [0.3, 0.4) is 0 Å². The SMILES string of the molecule is COc1cc(C#N)ccc1OCC(=O)N1CCCC(C(=O)O)C1. The minimum absolute atomic E-state index is 0.200. The van der Waals surface area contributed by atoms with E-state index in [-0.39, 0.29) is 19.1 Å². The van der Waals surface area contributed by atoms with Crippen molar-refractivity contribution in [2.24, 2.45) is 5.92 Å². The molecule has 1 atom stereocenters. The molecule has 7 nitrogen and oxygen atoms in total. The number of methoxy groups -OCH3 is 1. The molecule has 23 heavy (non-hydrogen) atoms. The van der Waals surface area contributed by atoms with Crippen LogP contribution < -0.4 is 9.47 Å². The van der Waals surface area contributed by atoms with E-state index in [1.807, 2.05) is 6.07 Å². The zero-order valence-electron chi connectivity index (χ0n) is 12.8. The Hall–Kier alpha value is -2.75. The van der Waals surface area contributed by atoms with E-state index in [0.717, 1.165) is 0 Å². The highest BCUT2D eigenvalue weighted by atomic mass is 16.5. The Morgan fingerprint density at radius 2 is 2.22 bits per heavy atom. The van der Waals surface area contributed by atoms with Gasteiger partial charge in [-0.15, -0.1) is 0 Å². The molecular formula is C16H18N2O5. The first-order valence-electron chi connectivity index (χ1n) is 7.26. The maximum Gasteiger partial charge on any atom is 0.308 e. The van der Waals surface area contributed by atoms with Gasteiger partial charge in [0.1, 0.15) is 0 Å². The first-order valence-corrected chi connectivity index (χ1v) is 7.26. The number of hydrogen-bond donors (Lipinski definition) is 1. The van der Waals surface area contributed by atoms with E-state index in [1.54, 1.807) is 12.1 Å². The Bertz CT molecular complexity index is 638. The van der Waals surface area contributed by atoms with Gasteiger partial charge in [0.2, 0.25) is 0 Å². The summed E-state index contributed by atoms with van der Waals surface area (Å²) in [4.78, 5) is 24.7. The number of carbonyl (C=O) groups excluding carboxylic acids is 1. The molecule has 0 bridgehead atoms. The average Bonchev–Trinajstić information content (AvgIpc) is 2.59. The van der Waals surface area contributed by atoms with Gasteiger partial charge in [-0.1, -0.05) is 0 Å². The number of rotatable bonds is 5. The summed E-state index contributed by atoms with van der Waals surface area (Å²) in [5.41, 5.74) is 0.431. The second-order valence-corrected chi connectivity index (χ2v) is 5.28. The Labute approximate surface area is 134 Å². The summed E-state index contributed by atoms with van der Waals surface area (Å²) < 4.78 is 10.6. The zero-order valence-corrected chi connectivity index (χ0v) is 12.8. The Morgan fingerprint density at radius 3 is 2.87 bits per heavy atom. The summed E-state index contributed by atoms with van der Waals surface area (Å²) in [7, 11) is 1.45. The summed E-state index contributed by atoms with van der Waals surface area (Å²) in [5.74, 6) is -0.915. The molecule has 1 aliphatic heterocycles. The molecule has 0 aromatic heterocycles. The van der Waals surface area contributed by atoms with E-state index in [0.29, 0.717) is 36.4 Å². The van der Waals surface area contributed by atoms with Gasteiger partial charge >= 0.3 is 5.97 Å². The molecule has 7 heteroatoms. The fourth-order valence-corrected chi connectivity index (χ4v) is 2.49. The summed E-state index contributed by atoms with van der Waals surface area (Å²) in [5, 5.41) is 17.9. The van der Waals surface area contributed by atoms with Crippen molar-refractivity contribution in [1.82, 2.24) is 4.90 Å². The van der Waals surface area contributed by atoms with E-state index in [4.69, 9.17) is 19.8 Å². The molecule has 0 aliphatic carbocycles. The van der Waals surface area contributed by atoms with Gasteiger partial charge in [0.15, 0.2) is 18.1 Å². The number of piperidine rings is 1. The number of aliphatic carboxylic acids is 1. The largest absolute Gasteiger partial charge is 0.493 e. The highest BCUT2D eigenvalue weighted by Crippen LogP contribution is 2.28. The molecule has 1 heterocycles. The Kier molecular flexibility index (Phi) is 5.41. The third-order valence-corrected chi connectivity index (χ3v) is 3.77. The van der Waals surface area contributed by atoms with Crippen LogP contribution >= 0.6 is 0 Å². The topological polar surface area (TPSA) is 99.9 Å². The molecule has 0 radical (unpaired) electrons. The highest BCUT2D eigenvalue weighted by Gasteiger charge is 2.28. The van der Waals surface area contributed by atoms with Gasteiger partial charge in [0, 0.05) is 19.2 Å². The lowest BCUT2D eigenvalue weighted by Crippen LogP contribution is -2.44. The number of carbonyl (C=O) groups is 2. The number of nitriles is 1. The fourth-order valence-electron chi connectivity index (χ4n) is 2.49. The van der Waals surface area contributed by atoms with E-state index < -0.39 is 11.9 Å². The molecule has 1 N–H and O–H groups in total. The lowest BCUT2D eigenvalue weighted by atomic mass is 9.98. The van der Waals surface area contributed by atoms with Crippen molar-refractivity contribution in [3.63, 3.8) is 0 Å². The van der Waals surface area contributed by atoms with Crippen molar-refractivity contribution < 1.29 is 24.2 Å². The molecule has 1 saturated heterocycles. The van der Waals surface area contributed by atoms with Crippen molar-refractivity contribution >= 4 is 11.9 Å². The molecule has 1 fully saturated rings. The molecule has 1 aromatic rings.